The van der Waals surface area contributed by atoms with Gasteiger partial charge in [0, 0.05) is 6.42 Å². The van der Waals surface area contributed by atoms with Crippen molar-refractivity contribution in [1.29, 1.82) is 0 Å². The van der Waals surface area contributed by atoms with Crippen LogP contribution in [0, 0.1) is 5.92 Å². The molecule has 0 aliphatic rings. The van der Waals surface area contributed by atoms with Crippen LogP contribution >= 0.6 is 0 Å². The van der Waals surface area contributed by atoms with Gasteiger partial charge in [-0.15, -0.1) is 0 Å². The lowest BCUT2D eigenvalue weighted by atomic mass is 9.97. The predicted octanol–water partition coefficient (Wildman–Crippen LogP) is 2.95. The molecule has 0 saturated carbocycles. The van der Waals surface area contributed by atoms with Crippen LogP contribution in [0.1, 0.15) is 38.7 Å². The smallest absolute Gasteiger partial charge is 0.149 e. The zero-order valence-corrected chi connectivity index (χ0v) is 10.9. The molecule has 0 spiro atoms. The lowest BCUT2D eigenvalue weighted by molar-refractivity contribution is -0.120. The number of benzene rings is 1. The number of rotatable bonds is 7. The van der Waals surface area contributed by atoms with E-state index in [1.807, 2.05) is 18.2 Å². The average molecular weight is 233 g/mol. The normalized spacial score (nSPS) is 12.7. The molecule has 2 N–H and O–H groups in total. The van der Waals surface area contributed by atoms with E-state index in [9.17, 15) is 4.79 Å². The minimum absolute atomic E-state index is 0.203. The van der Waals surface area contributed by atoms with Crippen LogP contribution in [0.5, 0.6) is 0 Å². The molecule has 0 fully saturated rings. The monoisotopic (exact) mass is 233 g/mol. The van der Waals surface area contributed by atoms with Gasteiger partial charge in [0.15, 0.2) is 0 Å². The Bertz CT molecular complexity index is 332. The van der Waals surface area contributed by atoms with E-state index in [-0.39, 0.29) is 11.8 Å². The van der Waals surface area contributed by atoms with Gasteiger partial charge in [0.2, 0.25) is 0 Å². The van der Waals surface area contributed by atoms with Crippen LogP contribution in [0.3, 0.4) is 0 Å². The predicted molar refractivity (Wildman–Crippen MR) is 71.8 cm³/mol. The van der Waals surface area contributed by atoms with Gasteiger partial charge in [-0.3, -0.25) is 4.79 Å². The van der Waals surface area contributed by atoms with E-state index in [0.29, 0.717) is 12.3 Å². The molecular formula is C15H23NO. The van der Waals surface area contributed by atoms with Crippen LogP contribution in [0.4, 0.5) is 0 Å². The molecule has 0 aromatic heterocycles. The van der Waals surface area contributed by atoms with E-state index >= 15 is 0 Å². The van der Waals surface area contributed by atoms with Gasteiger partial charge >= 0.3 is 0 Å². The number of hydrogen-bond donors (Lipinski definition) is 1. The summed E-state index contributed by atoms with van der Waals surface area (Å²) >= 11 is 0. The number of hydrogen-bond acceptors (Lipinski definition) is 2. The zero-order chi connectivity index (χ0) is 12.7. The molecule has 0 aliphatic carbocycles. The van der Waals surface area contributed by atoms with Gasteiger partial charge in [-0.05, 0) is 30.7 Å². The van der Waals surface area contributed by atoms with Crippen molar-refractivity contribution in [1.82, 2.24) is 0 Å². The molecule has 1 aromatic carbocycles. The second-order valence-electron chi connectivity index (χ2n) is 5.04. The second kappa shape index (κ2) is 7.23. The van der Waals surface area contributed by atoms with Crippen molar-refractivity contribution in [2.24, 2.45) is 11.7 Å². The van der Waals surface area contributed by atoms with Gasteiger partial charge < -0.3 is 5.73 Å². The van der Waals surface area contributed by atoms with Gasteiger partial charge in [-0.2, -0.15) is 0 Å². The molecule has 0 aliphatic heterocycles. The molecule has 94 valence electrons. The fourth-order valence-corrected chi connectivity index (χ4v) is 1.94. The van der Waals surface area contributed by atoms with Gasteiger partial charge in [0.25, 0.3) is 0 Å². The second-order valence-corrected chi connectivity index (χ2v) is 5.04. The average Bonchev–Trinajstić information content (AvgIpc) is 2.29. The topological polar surface area (TPSA) is 43.1 Å². The van der Waals surface area contributed by atoms with Gasteiger partial charge in [-0.1, -0.05) is 44.2 Å². The van der Waals surface area contributed by atoms with Crippen molar-refractivity contribution in [2.45, 2.75) is 45.6 Å². The fourth-order valence-electron chi connectivity index (χ4n) is 1.94. The Balaban J connectivity index is 2.24. The van der Waals surface area contributed by atoms with Crippen LogP contribution in [0.25, 0.3) is 0 Å². The first-order chi connectivity index (χ1) is 8.09. The number of carbonyl (C=O) groups excluding carboxylic acids is 1. The Morgan fingerprint density at radius 1 is 1.24 bits per heavy atom. The molecule has 1 unspecified atom stereocenters. The molecule has 0 bridgehead atoms. The summed E-state index contributed by atoms with van der Waals surface area (Å²) in [5, 5.41) is 0. The summed E-state index contributed by atoms with van der Waals surface area (Å²) in [6.07, 6.45) is 3.25. The molecule has 2 heteroatoms. The summed E-state index contributed by atoms with van der Waals surface area (Å²) in [5.74, 6) is 0.692. The molecule has 0 heterocycles. The molecule has 2 nitrogen and oxygen atoms in total. The summed E-state index contributed by atoms with van der Waals surface area (Å²) in [7, 11) is 0. The summed E-state index contributed by atoms with van der Waals surface area (Å²) in [5.41, 5.74) is 7.14. The van der Waals surface area contributed by atoms with Gasteiger partial charge in [0.05, 0.1) is 6.04 Å². The summed E-state index contributed by atoms with van der Waals surface area (Å²) in [4.78, 5) is 11.7. The number of carbonyl (C=O) groups is 1. The van der Waals surface area contributed by atoms with E-state index in [2.05, 4.69) is 26.0 Å². The first kappa shape index (κ1) is 13.9. The third-order valence-electron chi connectivity index (χ3n) is 2.87. The molecule has 17 heavy (non-hydrogen) atoms. The van der Waals surface area contributed by atoms with Crippen LogP contribution in [-0.4, -0.2) is 11.8 Å². The highest BCUT2D eigenvalue weighted by Gasteiger charge is 2.14. The summed E-state index contributed by atoms with van der Waals surface area (Å²) in [6.45, 7) is 4.19. The molecule has 1 aromatic rings. The third-order valence-corrected chi connectivity index (χ3v) is 2.87. The highest BCUT2D eigenvalue weighted by atomic mass is 16.1. The summed E-state index contributed by atoms with van der Waals surface area (Å²) in [6, 6.07) is 9.99. The molecule has 0 saturated heterocycles. The Hall–Kier alpha value is -1.15. The van der Waals surface area contributed by atoms with Gasteiger partial charge in [-0.25, -0.2) is 0 Å². The van der Waals surface area contributed by atoms with E-state index in [1.165, 1.54) is 5.56 Å². The van der Waals surface area contributed by atoms with Crippen molar-refractivity contribution < 1.29 is 4.79 Å². The Kier molecular flexibility index (Phi) is 5.92. The number of ketones is 1. The molecule has 1 rings (SSSR count). The van der Waals surface area contributed by atoms with Crippen LogP contribution in [-0.2, 0) is 11.2 Å². The van der Waals surface area contributed by atoms with Crippen molar-refractivity contribution in [2.75, 3.05) is 0 Å². The van der Waals surface area contributed by atoms with Crippen molar-refractivity contribution in [3.63, 3.8) is 0 Å². The van der Waals surface area contributed by atoms with Crippen molar-refractivity contribution in [3.05, 3.63) is 35.9 Å². The highest BCUT2D eigenvalue weighted by molar-refractivity contribution is 5.83. The van der Waals surface area contributed by atoms with Crippen LogP contribution in [0.15, 0.2) is 30.3 Å². The maximum absolute atomic E-state index is 11.7. The maximum atomic E-state index is 11.7. The van der Waals surface area contributed by atoms with Gasteiger partial charge in [0.1, 0.15) is 5.78 Å². The first-order valence-electron chi connectivity index (χ1n) is 6.42. The highest BCUT2D eigenvalue weighted by Crippen LogP contribution is 2.09. The molecule has 0 radical (unpaired) electrons. The molecule has 0 amide bonds. The molecular weight excluding hydrogens is 210 g/mol. The largest absolute Gasteiger partial charge is 0.322 e. The van der Waals surface area contributed by atoms with E-state index in [0.717, 1.165) is 19.3 Å². The minimum atomic E-state index is -0.272. The number of Topliss-reactive ketones (excluding diaryl/α,β-unsaturated/α-hetero) is 1. The lowest BCUT2D eigenvalue weighted by Crippen LogP contribution is -2.31. The summed E-state index contributed by atoms with van der Waals surface area (Å²) < 4.78 is 0. The van der Waals surface area contributed by atoms with E-state index < -0.39 is 0 Å². The van der Waals surface area contributed by atoms with E-state index in [1.54, 1.807) is 0 Å². The van der Waals surface area contributed by atoms with E-state index in [4.69, 9.17) is 5.73 Å². The number of aryl methyl sites for hydroxylation is 1. The quantitative estimate of drug-likeness (QED) is 0.786. The zero-order valence-electron chi connectivity index (χ0n) is 10.9. The van der Waals surface area contributed by atoms with Crippen LogP contribution in [0.2, 0.25) is 0 Å². The Labute approximate surface area is 104 Å². The molecule has 1 atom stereocenters. The minimum Gasteiger partial charge on any atom is -0.322 e. The Morgan fingerprint density at radius 3 is 2.47 bits per heavy atom. The third kappa shape index (κ3) is 5.64. The maximum Gasteiger partial charge on any atom is 0.149 e. The number of nitrogens with two attached hydrogens (primary N) is 1. The lowest BCUT2D eigenvalue weighted by Gasteiger charge is -2.12. The van der Waals surface area contributed by atoms with Crippen molar-refractivity contribution in [3.8, 4) is 0 Å². The SMILES string of the molecule is CC(C)CC(N)C(=O)CCCc1ccccc1. The van der Waals surface area contributed by atoms with Crippen molar-refractivity contribution >= 4 is 5.78 Å². The fraction of sp³-hybridized carbons (Fsp3) is 0.533. The standard InChI is InChI=1S/C15H23NO/c1-12(2)11-14(16)15(17)10-6-9-13-7-4-3-5-8-13/h3-5,7-8,12,14H,6,9-11,16H2,1-2H3. The van der Waals surface area contributed by atoms with Crippen LogP contribution < -0.4 is 5.73 Å². The Morgan fingerprint density at radius 2 is 1.88 bits per heavy atom. The first-order valence-corrected chi connectivity index (χ1v) is 6.42.